The van der Waals surface area contributed by atoms with Crippen LogP contribution < -0.4 is 10.1 Å². The number of rotatable bonds is 3. The Balaban J connectivity index is 1.96. The number of para-hydroxylation sites is 1. The fourth-order valence-electron chi connectivity index (χ4n) is 3.83. The summed E-state index contributed by atoms with van der Waals surface area (Å²) in [6, 6.07) is 12.3. The van der Waals surface area contributed by atoms with Crippen molar-refractivity contribution in [2.24, 2.45) is 0 Å². The molecule has 1 unspecified atom stereocenters. The maximum atomic E-state index is 13.1. The molecular formula is C23H30N2O2. The van der Waals surface area contributed by atoms with Crippen molar-refractivity contribution in [1.82, 2.24) is 4.90 Å². The SMILES string of the molecule is COc1c(C(=O)Nc2cccc3c2CCN(C)C3C)cccc1C(C)(C)C. The van der Waals surface area contributed by atoms with Crippen LogP contribution in [0.15, 0.2) is 36.4 Å². The van der Waals surface area contributed by atoms with Gasteiger partial charge >= 0.3 is 0 Å². The van der Waals surface area contributed by atoms with Gasteiger partial charge in [-0.3, -0.25) is 9.69 Å². The van der Waals surface area contributed by atoms with Crippen molar-refractivity contribution in [2.45, 2.75) is 45.6 Å². The van der Waals surface area contributed by atoms with Crippen LogP contribution in [0.4, 0.5) is 5.69 Å². The van der Waals surface area contributed by atoms with Gasteiger partial charge in [-0.1, -0.05) is 45.0 Å². The Morgan fingerprint density at radius 3 is 2.56 bits per heavy atom. The first-order valence-corrected chi connectivity index (χ1v) is 9.55. The second-order valence-corrected chi connectivity index (χ2v) is 8.37. The van der Waals surface area contributed by atoms with Crippen molar-refractivity contribution in [3.05, 3.63) is 58.7 Å². The van der Waals surface area contributed by atoms with Gasteiger partial charge in [0.25, 0.3) is 5.91 Å². The fourth-order valence-corrected chi connectivity index (χ4v) is 3.83. The molecule has 1 aliphatic rings. The van der Waals surface area contributed by atoms with Crippen molar-refractivity contribution in [2.75, 3.05) is 26.0 Å². The van der Waals surface area contributed by atoms with Crippen molar-refractivity contribution in [3.8, 4) is 5.75 Å². The standard InChI is InChI=1S/C23H30N2O2/c1-15-16-9-8-12-20(17(16)13-14-25(15)5)24-22(26)18-10-7-11-19(21(18)27-6)23(2,3)4/h7-12,15H,13-14H2,1-6H3,(H,24,26). The zero-order valence-electron chi connectivity index (χ0n) is 17.2. The van der Waals surface area contributed by atoms with Crippen LogP contribution in [0, 0.1) is 0 Å². The van der Waals surface area contributed by atoms with Gasteiger partial charge in [0.15, 0.2) is 0 Å². The molecule has 4 heteroatoms. The maximum Gasteiger partial charge on any atom is 0.259 e. The molecule has 1 atom stereocenters. The zero-order chi connectivity index (χ0) is 19.8. The highest BCUT2D eigenvalue weighted by Crippen LogP contribution is 2.36. The third-order valence-corrected chi connectivity index (χ3v) is 5.56. The summed E-state index contributed by atoms with van der Waals surface area (Å²) in [6.45, 7) is 9.57. The van der Waals surface area contributed by atoms with Gasteiger partial charge in [0, 0.05) is 23.8 Å². The Morgan fingerprint density at radius 2 is 1.89 bits per heavy atom. The minimum atomic E-state index is -0.127. The summed E-state index contributed by atoms with van der Waals surface area (Å²) in [5, 5.41) is 3.14. The molecule has 2 aromatic carbocycles. The number of anilines is 1. The molecule has 1 N–H and O–H groups in total. The van der Waals surface area contributed by atoms with Gasteiger partial charge < -0.3 is 10.1 Å². The molecule has 4 nitrogen and oxygen atoms in total. The van der Waals surface area contributed by atoms with E-state index in [0.717, 1.165) is 24.2 Å². The van der Waals surface area contributed by atoms with Crippen LogP contribution in [0.2, 0.25) is 0 Å². The van der Waals surface area contributed by atoms with E-state index in [0.29, 0.717) is 17.4 Å². The number of hydrogen-bond donors (Lipinski definition) is 1. The molecule has 0 spiro atoms. The van der Waals surface area contributed by atoms with Gasteiger partial charge in [0.1, 0.15) is 5.75 Å². The Bertz CT molecular complexity index is 852. The lowest BCUT2D eigenvalue weighted by atomic mass is 9.85. The van der Waals surface area contributed by atoms with Gasteiger partial charge in [-0.2, -0.15) is 0 Å². The molecule has 27 heavy (non-hydrogen) atoms. The fraction of sp³-hybridized carbons (Fsp3) is 0.435. The number of nitrogens with zero attached hydrogens (tertiary/aromatic N) is 1. The predicted molar refractivity (Wildman–Crippen MR) is 111 cm³/mol. The van der Waals surface area contributed by atoms with E-state index < -0.39 is 0 Å². The van der Waals surface area contributed by atoms with E-state index in [-0.39, 0.29) is 11.3 Å². The van der Waals surface area contributed by atoms with Crippen LogP contribution in [0.1, 0.15) is 60.8 Å². The largest absolute Gasteiger partial charge is 0.496 e. The molecule has 3 rings (SSSR count). The van der Waals surface area contributed by atoms with Crippen LogP contribution in [-0.4, -0.2) is 31.5 Å². The van der Waals surface area contributed by atoms with Gasteiger partial charge in [0.2, 0.25) is 0 Å². The summed E-state index contributed by atoms with van der Waals surface area (Å²) < 4.78 is 5.64. The second-order valence-electron chi connectivity index (χ2n) is 8.37. The molecule has 2 aromatic rings. The number of hydrogen-bond acceptors (Lipinski definition) is 3. The molecule has 1 heterocycles. The third-order valence-electron chi connectivity index (χ3n) is 5.56. The quantitative estimate of drug-likeness (QED) is 0.849. The van der Waals surface area contributed by atoms with Crippen LogP contribution in [-0.2, 0) is 11.8 Å². The maximum absolute atomic E-state index is 13.1. The number of ether oxygens (including phenoxy) is 1. The van der Waals surface area contributed by atoms with E-state index in [1.165, 1.54) is 11.1 Å². The Kier molecular flexibility index (Phi) is 5.29. The van der Waals surface area contributed by atoms with E-state index in [1.807, 2.05) is 30.3 Å². The van der Waals surface area contributed by atoms with Gasteiger partial charge in [-0.05, 0) is 49.1 Å². The highest BCUT2D eigenvalue weighted by molar-refractivity contribution is 6.07. The first-order valence-electron chi connectivity index (χ1n) is 9.55. The van der Waals surface area contributed by atoms with Crippen molar-refractivity contribution < 1.29 is 9.53 Å². The van der Waals surface area contributed by atoms with E-state index >= 15 is 0 Å². The zero-order valence-corrected chi connectivity index (χ0v) is 17.2. The molecule has 1 amide bonds. The minimum Gasteiger partial charge on any atom is -0.496 e. The first kappa shape index (κ1) is 19.4. The monoisotopic (exact) mass is 366 g/mol. The summed E-state index contributed by atoms with van der Waals surface area (Å²) >= 11 is 0. The van der Waals surface area contributed by atoms with Crippen LogP contribution >= 0.6 is 0 Å². The molecule has 0 saturated carbocycles. The molecule has 0 bridgehead atoms. The number of carbonyl (C=O) groups excluding carboxylic acids is 1. The van der Waals surface area contributed by atoms with E-state index in [2.05, 4.69) is 51.0 Å². The van der Waals surface area contributed by atoms with E-state index in [9.17, 15) is 4.79 Å². The normalized spacial score (nSPS) is 17.3. The Labute approximate surface area is 162 Å². The summed E-state index contributed by atoms with van der Waals surface area (Å²) in [5.74, 6) is 0.526. The molecule has 1 aliphatic heterocycles. The summed E-state index contributed by atoms with van der Waals surface area (Å²) in [6.07, 6.45) is 0.936. The lowest BCUT2D eigenvalue weighted by Crippen LogP contribution is -2.31. The summed E-state index contributed by atoms with van der Waals surface area (Å²) in [7, 11) is 3.77. The van der Waals surface area contributed by atoms with Crippen molar-refractivity contribution in [3.63, 3.8) is 0 Å². The number of methoxy groups -OCH3 is 1. The molecule has 0 aliphatic carbocycles. The van der Waals surface area contributed by atoms with Crippen LogP contribution in [0.5, 0.6) is 5.75 Å². The van der Waals surface area contributed by atoms with E-state index in [4.69, 9.17) is 4.74 Å². The number of fused-ring (bicyclic) bond motifs is 1. The van der Waals surface area contributed by atoms with Crippen molar-refractivity contribution in [1.29, 1.82) is 0 Å². The minimum absolute atomic E-state index is 0.104. The number of benzene rings is 2. The lowest BCUT2D eigenvalue weighted by molar-refractivity contribution is 0.102. The molecule has 0 aromatic heterocycles. The molecule has 0 radical (unpaired) electrons. The lowest BCUT2D eigenvalue weighted by Gasteiger charge is -2.33. The second kappa shape index (κ2) is 7.35. The number of amides is 1. The number of nitrogens with one attached hydrogen (secondary N) is 1. The van der Waals surface area contributed by atoms with E-state index in [1.54, 1.807) is 7.11 Å². The van der Waals surface area contributed by atoms with Crippen LogP contribution in [0.3, 0.4) is 0 Å². The summed E-state index contributed by atoms with van der Waals surface area (Å²) in [5.41, 5.74) is 4.93. The molecule has 0 saturated heterocycles. The summed E-state index contributed by atoms with van der Waals surface area (Å²) in [4.78, 5) is 15.4. The number of likely N-dealkylation sites (N-methyl/N-ethyl adjacent to an activating group) is 1. The Hall–Kier alpha value is -2.33. The smallest absolute Gasteiger partial charge is 0.259 e. The first-order chi connectivity index (χ1) is 12.7. The average Bonchev–Trinajstić information content (AvgIpc) is 2.63. The highest BCUT2D eigenvalue weighted by Gasteiger charge is 2.26. The molecule has 0 fully saturated rings. The van der Waals surface area contributed by atoms with Gasteiger partial charge in [0.05, 0.1) is 12.7 Å². The van der Waals surface area contributed by atoms with Gasteiger partial charge in [-0.25, -0.2) is 0 Å². The molecular weight excluding hydrogens is 336 g/mol. The van der Waals surface area contributed by atoms with Crippen LogP contribution in [0.25, 0.3) is 0 Å². The van der Waals surface area contributed by atoms with Crippen molar-refractivity contribution >= 4 is 11.6 Å². The Morgan fingerprint density at radius 1 is 1.19 bits per heavy atom. The third kappa shape index (κ3) is 3.72. The predicted octanol–water partition coefficient (Wildman–Crippen LogP) is 4.79. The number of carbonyl (C=O) groups is 1. The highest BCUT2D eigenvalue weighted by atomic mass is 16.5. The molecule has 144 valence electrons. The van der Waals surface area contributed by atoms with Gasteiger partial charge in [-0.15, -0.1) is 0 Å². The topological polar surface area (TPSA) is 41.6 Å². The average molecular weight is 367 g/mol.